The minimum absolute atomic E-state index is 0.0920. The lowest BCUT2D eigenvalue weighted by atomic mass is 10.1. The molecule has 2 rings (SSSR count). The average molecular weight is 293 g/mol. The molecule has 0 spiro atoms. The van der Waals surface area contributed by atoms with Crippen molar-refractivity contribution >= 4 is 11.6 Å². The van der Waals surface area contributed by atoms with E-state index in [0.717, 1.165) is 12.6 Å². The van der Waals surface area contributed by atoms with Crippen molar-refractivity contribution in [2.75, 3.05) is 13.1 Å². The van der Waals surface area contributed by atoms with Gasteiger partial charge in [-0.2, -0.15) is 13.2 Å². The van der Waals surface area contributed by atoms with Crippen molar-refractivity contribution in [3.05, 3.63) is 34.3 Å². The summed E-state index contributed by atoms with van der Waals surface area (Å²) >= 11 is 5.59. The number of hydrogen-bond acceptors (Lipinski definition) is 2. The van der Waals surface area contributed by atoms with E-state index in [1.807, 2.05) is 6.92 Å². The van der Waals surface area contributed by atoms with Crippen molar-refractivity contribution in [3.8, 4) is 0 Å². The van der Waals surface area contributed by atoms with Gasteiger partial charge in [-0.3, -0.25) is 4.90 Å². The zero-order chi connectivity index (χ0) is 14.2. The van der Waals surface area contributed by atoms with E-state index in [9.17, 15) is 13.2 Å². The van der Waals surface area contributed by atoms with Gasteiger partial charge in [-0.1, -0.05) is 24.6 Å². The number of hydrogen-bond donors (Lipinski definition) is 1. The Bertz CT molecular complexity index is 452. The first kappa shape index (κ1) is 14.6. The van der Waals surface area contributed by atoms with Gasteiger partial charge in [0, 0.05) is 25.7 Å². The van der Waals surface area contributed by atoms with E-state index in [2.05, 4.69) is 4.90 Å². The molecule has 1 aromatic rings. The monoisotopic (exact) mass is 292 g/mol. The van der Waals surface area contributed by atoms with Crippen LogP contribution >= 0.6 is 11.6 Å². The van der Waals surface area contributed by atoms with Crippen LogP contribution in [0.5, 0.6) is 0 Å². The highest BCUT2D eigenvalue weighted by atomic mass is 35.5. The van der Waals surface area contributed by atoms with Gasteiger partial charge in [0.1, 0.15) is 0 Å². The quantitative estimate of drug-likeness (QED) is 0.907. The first-order chi connectivity index (χ1) is 8.77. The molecule has 6 heteroatoms. The normalized spacial score (nSPS) is 24.9. The summed E-state index contributed by atoms with van der Waals surface area (Å²) in [6.45, 7) is 4.04. The van der Waals surface area contributed by atoms with Gasteiger partial charge >= 0.3 is 6.18 Å². The highest BCUT2D eigenvalue weighted by molar-refractivity contribution is 6.31. The number of nitrogens with two attached hydrogens (primary N) is 1. The van der Waals surface area contributed by atoms with Crippen LogP contribution in [0.1, 0.15) is 18.1 Å². The van der Waals surface area contributed by atoms with Gasteiger partial charge in [0.2, 0.25) is 0 Å². The number of rotatable bonds is 2. The van der Waals surface area contributed by atoms with Gasteiger partial charge in [-0.25, -0.2) is 0 Å². The molecule has 1 saturated heterocycles. The fourth-order valence-corrected chi connectivity index (χ4v) is 2.60. The third-order valence-corrected chi connectivity index (χ3v) is 3.82. The fourth-order valence-electron chi connectivity index (χ4n) is 2.37. The van der Waals surface area contributed by atoms with Crippen LogP contribution in [0.4, 0.5) is 13.2 Å². The summed E-state index contributed by atoms with van der Waals surface area (Å²) in [6.07, 6.45) is -4.41. The van der Waals surface area contributed by atoms with Crippen molar-refractivity contribution < 1.29 is 13.2 Å². The summed E-state index contributed by atoms with van der Waals surface area (Å²) in [5.41, 5.74) is 5.74. The van der Waals surface area contributed by atoms with Crippen LogP contribution in [0.25, 0.3) is 0 Å². The first-order valence-corrected chi connectivity index (χ1v) is 6.48. The zero-order valence-corrected chi connectivity index (χ0v) is 11.3. The van der Waals surface area contributed by atoms with E-state index < -0.39 is 11.7 Å². The number of likely N-dealkylation sites (tertiary alicyclic amines) is 1. The molecule has 1 aromatic carbocycles. The molecule has 1 fully saturated rings. The molecule has 0 aromatic heterocycles. The van der Waals surface area contributed by atoms with Crippen molar-refractivity contribution in [3.63, 3.8) is 0 Å². The van der Waals surface area contributed by atoms with Crippen LogP contribution in [-0.4, -0.2) is 24.0 Å². The lowest BCUT2D eigenvalue weighted by molar-refractivity contribution is -0.137. The van der Waals surface area contributed by atoms with Gasteiger partial charge in [0.25, 0.3) is 0 Å². The molecule has 1 heterocycles. The Labute approximate surface area is 115 Å². The van der Waals surface area contributed by atoms with Crippen molar-refractivity contribution in [1.82, 2.24) is 4.90 Å². The minimum atomic E-state index is -4.41. The second kappa shape index (κ2) is 5.31. The Morgan fingerprint density at radius 3 is 2.58 bits per heavy atom. The van der Waals surface area contributed by atoms with Crippen LogP contribution in [0.2, 0.25) is 5.02 Å². The van der Waals surface area contributed by atoms with E-state index in [1.165, 1.54) is 6.07 Å². The number of halogens is 4. The topological polar surface area (TPSA) is 29.3 Å². The minimum Gasteiger partial charge on any atom is -0.326 e. The molecule has 2 nitrogen and oxygen atoms in total. The fraction of sp³-hybridized carbons (Fsp3) is 0.538. The largest absolute Gasteiger partial charge is 0.417 e. The summed E-state index contributed by atoms with van der Waals surface area (Å²) in [4.78, 5) is 2.07. The lowest BCUT2D eigenvalue weighted by Gasteiger charge is -2.17. The maximum atomic E-state index is 12.7. The Morgan fingerprint density at radius 2 is 2.05 bits per heavy atom. The molecule has 2 N–H and O–H groups in total. The predicted molar refractivity (Wildman–Crippen MR) is 68.9 cm³/mol. The molecule has 0 aliphatic carbocycles. The highest BCUT2D eigenvalue weighted by Crippen LogP contribution is 2.35. The second-order valence-corrected chi connectivity index (χ2v) is 5.55. The smallest absolute Gasteiger partial charge is 0.326 e. The van der Waals surface area contributed by atoms with Gasteiger partial charge in [0.15, 0.2) is 0 Å². The summed E-state index contributed by atoms with van der Waals surface area (Å²) < 4.78 is 38.2. The predicted octanol–water partition coefficient (Wildman–Crippen LogP) is 3.14. The van der Waals surface area contributed by atoms with Crippen molar-refractivity contribution in [1.29, 1.82) is 0 Å². The number of alkyl halides is 3. The third kappa shape index (κ3) is 3.41. The van der Waals surface area contributed by atoms with Gasteiger partial charge < -0.3 is 5.73 Å². The molecule has 2 unspecified atom stereocenters. The summed E-state index contributed by atoms with van der Waals surface area (Å²) in [5, 5.41) is -0.261. The zero-order valence-electron chi connectivity index (χ0n) is 10.5. The Kier molecular flexibility index (Phi) is 4.08. The molecule has 1 aliphatic rings. The summed E-state index contributed by atoms with van der Waals surface area (Å²) in [7, 11) is 0. The molecule has 1 aliphatic heterocycles. The molecular formula is C13H16ClF3N2. The first-order valence-electron chi connectivity index (χ1n) is 6.11. The molecule has 2 atom stereocenters. The standard InChI is InChI=1S/C13H16ClF3N2/c1-8-5-19(7-12(8)18)6-9-2-3-11(14)10(4-9)13(15,16)17/h2-4,8,12H,5-7,18H2,1H3. The van der Waals surface area contributed by atoms with E-state index in [-0.39, 0.29) is 11.1 Å². The lowest BCUT2D eigenvalue weighted by Crippen LogP contribution is -2.28. The Morgan fingerprint density at radius 1 is 1.37 bits per heavy atom. The molecular weight excluding hydrogens is 277 g/mol. The molecule has 106 valence electrons. The van der Waals surface area contributed by atoms with Crippen LogP contribution < -0.4 is 5.73 Å². The van der Waals surface area contributed by atoms with Crippen molar-refractivity contribution in [2.24, 2.45) is 11.7 Å². The molecule has 0 saturated carbocycles. The molecule has 19 heavy (non-hydrogen) atoms. The van der Waals surface area contributed by atoms with E-state index in [1.54, 1.807) is 6.07 Å². The van der Waals surface area contributed by atoms with E-state index in [0.29, 0.717) is 24.6 Å². The van der Waals surface area contributed by atoms with E-state index in [4.69, 9.17) is 17.3 Å². The van der Waals surface area contributed by atoms with Crippen LogP contribution in [0, 0.1) is 5.92 Å². The van der Waals surface area contributed by atoms with Crippen LogP contribution in [0.3, 0.4) is 0 Å². The molecule has 0 radical (unpaired) electrons. The molecule has 0 amide bonds. The van der Waals surface area contributed by atoms with Gasteiger partial charge in [0.05, 0.1) is 10.6 Å². The highest BCUT2D eigenvalue weighted by Gasteiger charge is 2.33. The summed E-state index contributed by atoms with van der Waals surface area (Å²) in [5.74, 6) is 0.370. The van der Waals surface area contributed by atoms with Crippen LogP contribution in [-0.2, 0) is 12.7 Å². The number of nitrogens with zero attached hydrogens (tertiary/aromatic N) is 1. The van der Waals surface area contributed by atoms with Gasteiger partial charge in [-0.15, -0.1) is 0 Å². The van der Waals surface area contributed by atoms with Crippen molar-refractivity contribution in [2.45, 2.75) is 25.7 Å². The summed E-state index contributed by atoms with van der Waals surface area (Å²) in [6, 6.07) is 4.15. The Hall–Kier alpha value is -0.780. The molecule has 0 bridgehead atoms. The van der Waals surface area contributed by atoms with Crippen LogP contribution in [0.15, 0.2) is 18.2 Å². The average Bonchev–Trinajstić information content (AvgIpc) is 2.59. The van der Waals surface area contributed by atoms with E-state index >= 15 is 0 Å². The van der Waals surface area contributed by atoms with Gasteiger partial charge in [-0.05, 0) is 23.6 Å². The SMILES string of the molecule is CC1CN(Cc2ccc(Cl)c(C(F)(F)F)c2)CC1N. The maximum absolute atomic E-state index is 12.7. The third-order valence-electron chi connectivity index (χ3n) is 3.49. The Balaban J connectivity index is 2.14. The second-order valence-electron chi connectivity index (χ2n) is 5.15. The maximum Gasteiger partial charge on any atom is 0.417 e. The number of benzene rings is 1.